The largest absolute Gasteiger partial charge is 0.465 e. The van der Waals surface area contributed by atoms with Crippen molar-refractivity contribution in [3.63, 3.8) is 0 Å². The Labute approximate surface area is 173 Å². The summed E-state index contributed by atoms with van der Waals surface area (Å²) in [5.74, 6) is 0.470. The average Bonchev–Trinajstić information content (AvgIpc) is 2.74. The molecule has 12 heteroatoms. The quantitative estimate of drug-likeness (QED) is 0.493. The van der Waals surface area contributed by atoms with Gasteiger partial charge in [0.25, 0.3) is 11.2 Å². The highest BCUT2D eigenvalue weighted by molar-refractivity contribution is 6.30. The number of halogens is 1. The SMILES string of the molecule is O=C(O)N1CCN(c2ncnc3cc(-n4cc(Cl)ccc4=O)c([N+](=O)[O-])cc23)CC1. The number of hydrogen-bond acceptors (Lipinski definition) is 7. The van der Waals surface area contributed by atoms with Crippen LogP contribution in [0.15, 0.2) is 41.6 Å². The molecule has 2 aromatic heterocycles. The lowest BCUT2D eigenvalue weighted by Crippen LogP contribution is -2.48. The molecule has 0 unspecified atom stereocenters. The number of carbonyl (C=O) groups is 1. The molecule has 1 aromatic carbocycles. The predicted octanol–water partition coefficient (Wildman–Crippen LogP) is 2.14. The zero-order valence-corrected chi connectivity index (χ0v) is 16.2. The minimum atomic E-state index is -0.991. The molecule has 3 heterocycles. The van der Waals surface area contributed by atoms with Crippen LogP contribution < -0.4 is 10.5 Å². The van der Waals surface area contributed by atoms with Crippen molar-refractivity contribution in [2.75, 3.05) is 31.1 Å². The Bertz CT molecular complexity index is 1220. The standard InChI is InChI=1S/C18H15ClN6O5/c19-11-1-2-16(26)24(9-11)14-8-13-12(7-15(14)25(29)30)17(21-10-20-13)22-3-5-23(6-4-22)18(27)28/h1-2,7-10H,3-6H2,(H,27,28). The number of pyridine rings is 1. The van der Waals surface area contributed by atoms with Crippen molar-refractivity contribution in [2.45, 2.75) is 0 Å². The number of nitrogens with zero attached hydrogens (tertiary/aromatic N) is 6. The van der Waals surface area contributed by atoms with Crippen molar-refractivity contribution in [3.05, 3.63) is 62.3 Å². The zero-order chi connectivity index (χ0) is 21.4. The number of hydrogen-bond donors (Lipinski definition) is 1. The number of piperazine rings is 1. The Hall–Kier alpha value is -3.73. The first-order chi connectivity index (χ1) is 14.3. The Balaban J connectivity index is 1.84. The van der Waals surface area contributed by atoms with Crippen LogP contribution in [0.4, 0.5) is 16.3 Å². The van der Waals surface area contributed by atoms with Gasteiger partial charge in [0, 0.05) is 49.9 Å². The number of benzene rings is 1. The van der Waals surface area contributed by atoms with Gasteiger partial charge in [0.05, 0.1) is 15.5 Å². The highest BCUT2D eigenvalue weighted by atomic mass is 35.5. The number of anilines is 1. The summed E-state index contributed by atoms with van der Waals surface area (Å²) < 4.78 is 1.10. The third-order valence-corrected chi connectivity index (χ3v) is 5.12. The summed E-state index contributed by atoms with van der Waals surface area (Å²) in [4.78, 5) is 46.2. The second-order valence-corrected chi connectivity index (χ2v) is 7.06. The highest BCUT2D eigenvalue weighted by Gasteiger charge is 2.25. The van der Waals surface area contributed by atoms with Crippen LogP contribution in [0, 0.1) is 10.1 Å². The Kier molecular flexibility index (Phi) is 4.96. The van der Waals surface area contributed by atoms with E-state index in [1.807, 2.05) is 4.90 Å². The van der Waals surface area contributed by atoms with E-state index in [9.17, 15) is 19.7 Å². The molecule has 1 aliphatic heterocycles. The molecule has 0 aliphatic carbocycles. The molecule has 11 nitrogen and oxygen atoms in total. The molecular formula is C18H15ClN6O5. The van der Waals surface area contributed by atoms with Gasteiger partial charge in [-0.25, -0.2) is 14.8 Å². The molecule has 0 radical (unpaired) electrons. The lowest BCUT2D eigenvalue weighted by molar-refractivity contribution is -0.384. The fourth-order valence-corrected chi connectivity index (χ4v) is 3.58. The van der Waals surface area contributed by atoms with Gasteiger partial charge in [0.15, 0.2) is 0 Å². The molecule has 0 spiro atoms. The molecule has 0 saturated carbocycles. The second-order valence-electron chi connectivity index (χ2n) is 6.62. The average molecular weight is 431 g/mol. The molecule has 30 heavy (non-hydrogen) atoms. The van der Waals surface area contributed by atoms with E-state index in [1.54, 1.807) is 0 Å². The van der Waals surface area contributed by atoms with Gasteiger partial charge in [-0.2, -0.15) is 0 Å². The lowest BCUT2D eigenvalue weighted by Gasteiger charge is -2.34. The van der Waals surface area contributed by atoms with Crippen molar-refractivity contribution < 1.29 is 14.8 Å². The van der Waals surface area contributed by atoms with Gasteiger partial charge in [-0.15, -0.1) is 0 Å². The van der Waals surface area contributed by atoms with Crippen molar-refractivity contribution in [2.24, 2.45) is 0 Å². The third kappa shape index (κ3) is 3.50. The minimum absolute atomic E-state index is 0.0420. The normalized spacial score (nSPS) is 14.2. The fraction of sp³-hybridized carbons (Fsp3) is 0.222. The summed E-state index contributed by atoms with van der Waals surface area (Å²) >= 11 is 5.97. The van der Waals surface area contributed by atoms with Crippen LogP contribution in [0.5, 0.6) is 0 Å². The number of aromatic nitrogens is 3. The van der Waals surface area contributed by atoms with Gasteiger partial charge in [-0.1, -0.05) is 11.6 Å². The number of nitro benzene ring substituents is 1. The number of amides is 1. The first-order valence-electron chi connectivity index (χ1n) is 8.89. The molecule has 1 aliphatic rings. The van der Waals surface area contributed by atoms with Crippen LogP contribution in [0.25, 0.3) is 16.6 Å². The monoisotopic (exact) mass is 430 g/mol. The third-order valence-electron chi connectivity index (χ3n) is 4.89. The number of rotatable bonds is 3. The Morgan fingerprint density at radius 3 is 2.57 bits per heavy atom. The Morgan fingerprint density at radius 2 is 1.90 bits per heavy atom. The van der Waals surface area contributed by atoms with Crippen molar-refractivity contribution in [1.82, 2.24) is 19.4 Å². The van der Waals surface area contributed by atoms with Gasteiger partial charge >= 0.3 is 6.09 Å². The molecule has 1 saturated heterocycles. The smallest absolute Gasteiger partial charge is 0.407 e. The Morgan fingerprint density at radius 1 is 1.17 bits per heavy atom. The van der Waals surface area contributed by atoms with Gasteiger partial charge < -0.3 is 14.9 Å². The summed E-state index contributed by atoms with van der Waals surface area (Å²) in [5, 5.41) is 21.6. The van der Waals surface area contributed by atoms with Crippen LogP contribution in [-0.4, -0.2) is 61.7 Å². The molecule has 4 rings (SSSR count). The van der Waals surface area contributed by atoms with E-state index in [1.165, 1.54) is 41.7 Å². The molecule has 0 bridgehead atoms. The molecule has 0 atom stereocenters. The van der Waals surface area contributed by atoms with Gasteiger partial charge in [-0.3, -0.25) is 19.5 Å². The number of fused-ring (bicyclic) bond motifs is 1. The van der Waals surface area contributed by atoms with Gasteiger partial charge in [0.1, 0.15) is 17.8 Å². The molecule has 3 aromatic rings. The maximum atomic E-state index is 12.3. The van der Waals surface area contributed by atoms with E-state index in [-0.39, 0.29) is 16.4 Å². The van der Waals surface area contributed by atoms with Crippen LogP contribution in [-0.2, 0) is 0 Å². The molecular weight excluding hydrogens is 416 g/mol. The van der Waals surface area contributed by atoms with Crippen LogP contribution in [0.2, 0.25) is 5.02 Å². The first-order valence-corrected chi connectivity index (χ1v) is 9.27. The van der Waals surface area contributed by atoms with Crippen LogP contribution >= 0.6 is 11.6 Å². The topological polar surface area (TPSA) is 135 Å². The molecule has 1 amide bonds. The molecule has 1 N–H and O–H groups in total. The van der Waals surface area contributed by atoms with Crippen LogP contribution in [0.3, 0.4) is 0 Å². The number of carboxylic acid groups (broad SMARTS) is 1. The zero-order valence-electron chi connectivity index (χ0n) is 15.4. The van der Waals surface area contributed by atoms with Crippen molar-refractivity contribution >= 4 is 40.1 Å². The summed E-state index contributed by atoms with van der Waals surface area (Å²) in [5.41, 5.74) is -0.318. The first kappa shape index (κ1) is 19.6. The van der Waals surface area contributed by atoms with E-state index in [0.717, 1.165) is 4.57 Å². The summed E-state index contributed by atoms with van der Waals surface area (Å²) in [6, 6.07) is 5.41. The second kappa shape index (κ2) is 7.59. The van der Waals surface area contributed by atoms with E-state index < -0.39 is 16.6 Å². The van der Waals surface area contributed by atoms with Gasteiger partial charge in [0.2, 0.25) is 0 Å². The maximum absolute atomic E-state index is 12.3. The maximum Gasteiger partial charge on any atom is 0.407 e. The summed E-state index contributed by atoms with van der Waals surface area (Å²) in [7, 11) is 0. The van der Waals surface area contributed by atoms with E-state index in [2.05, 4.69) is 9.97 Å². The summed E-state index contributed by atoms with van der Waals surface area (Å²) in [6.07, 6.45) is 1.65. The minimum Gasteiger partial charge on any atom is -0.465 e. The van der Waals surface area contributed by atoms with E-state index >= 15 is 0 Å². The predicted molar refractivity (Wildman–Crippen MR) is 109 cm³/mol. The fourth-order valence-electron chi connectivity index (χ4n) is 3.42. The van der Waals surface area contributed by atoms with E-state index in [4.69, 9.17) is 16.7 Å². The van der Waals surface area contributed by atoms with Crippen LogP contribution in [0.1, 0.15) is 0 Å². The van der Waals surface area contributed by atoms with Crippen molar-refractivity contribution in [1.29, 1.82) is 0 Å². The summed E-state index contributed by atoms with van der Waals surface area (Å²) in [6.45, 7) is 1.36. The van der Waals surface area contributed by atoms with E-state index in [0.29, 0.717) is 42.9 Å². The molecule has 1 fully saturated rings. The highest BCUT2D eigenvalue weighted by Crippen LogP contribution is 2.32. The van der Waals surface area contributed by atoms with Gasteiger partial charge in [-0.05, 0) is 12.1 Å². The number of nitro groups is 1. The lowest BCUT2D eigenvalue weighted by atomic mass is 10.1. The van der Waals surface area contributed by atoms with Crippen molar-refractivity contribution in [3.8, 4) is 5.69 Å². The molecule has 154 valence electrons.